The van der Waals surface area contributed by atoms with Crippen molar-refractivity contribution in [2.24, 2.45) is 0 Å². The lowest BCUT2D eigenvalue weighted by molar-refractivity contribution is -0.0662. The second-order valence-electron chi connectivity index (χ2n) is 6.42. The van der Waals surface area contributed by atoms with Gasteiger partial charge in [-0.15, -0.1) is 0 Å². The van der Waals surface area contributed by atoms with Crippen LogP contribution in [0, 0.1) is 0 Å². The summed E-state index contributed by atoms with van der Waals surface area (Å²) in [6, 6.07) is 3.94. The van der Waals surface area contributed by atoms with Crippen molar-refractivity contribution < 1.29 is 4.74 Å². The van der Waals surface area contributed by atoms with Gasteiger partial charge in [-0.05, 0) is 46.2 Å². The molecule has 1 aromatic carbocycles. The van der Waals surface area contributed by atoms with E-state index in [2.05, 4.69) is 41.8 Å². The van der Waals surface area contributed by atoms with E-state index in [1.54, 1.807) is 0 Å². The normalized spacial score (nSPS) is 24.1. The minimum absolute atomic E-state index is 0.137. The molecule has 4 nitrogen and oxygen atoms in total. The second-order valence-corrected chi connectivity index (χ2v) is 7.36. The smallest absolute Gasteiger partial charge is 0.129 e. The van der Waals surface area contributed by atoms with E-state index in [1.165, 1.54) is 11.7 Å². The first kappa shape index (κ1) is 14.0. The van der Waals surface area contributed by atoms with Gasteiger partial charge in [0.25, 0.3) is 0 Å². The Kier molecular flexibility index (Phi) is 3.19. The molecule has 0 radical (unpaired) electrons. The Labute approximate surface area is 127 Å². The zero-order chi connectivity index (χ0) is 14.5. The summed E-state index contributed by atoms with van der Waals surface area (Å²) in [5.41, 5.74) is 2.18. The van der Waals surface area contributed by atoms with Gasteiger partial charge in [-0.1, -0.05) is 11.6 Å². The fourth-order valence-electron chi connectivity index (χ4n) is 2.93. The number of rotatable bonds is 2. The number of halogens is 1. The predicted octanol–water partition coefficient (Wildman–Crippen LogP) is 4.10. The lowest BCUT2D eigenvalue weighted by Crippen LogP contribution is -2.38. The van der Waals surface area contributed by atoms with Crippen LogP contribution in [0.3, 0.4) is 0 Å². The molecule has 0 aliphatic carbocycles. The maximum Gasteiger partial charge on any atom is 0.129 e. The Morgan fingerprint density at radius 1 is 1.30 bits per heavy atom. The largest absolute Gasteiger partial charge is 0.376 e. The first-order chi connectivity index (χ1) is 9.28. The van der Waals surface area contributed by atoms with Gasteiger partial charge in [0.05, 0.1) is 39.7 Å². The number of ether oxygens (including phenoxy) is 1. The Hall–Kier alpha value is -0.910. The summed E-state index contributed by atoms with van der Waals surface area (Å²) in [7, 11) is 0. The van der Waals surface area contributed by atoms with Crippen LogP contribution in [-0.4, -0.2) is 26.0 Å². The third-order valence-electron chi connectivity index (χ3n) is 3.77. The van der Waals surface area contributed by atoms with Gasteiger partial charge in [0, 0.05) is 0 Å². The van der Waals surface area contributed by atoms with Crippen LogP contribution in [0.1, 0.15) is 34.1 Å². The number of anilines is 1. The minimum Gasteiger partial charge on any atom is -0.376 e. The highest BCUT2D eigenvalue weighted by molar-refractivity contribution is 7.00. The van der Waals surface area contributed by atoms with E-state index in [0.717, 1.165) is 23.1 Å². The van der Waals surface area contributed by atoms with Crippen molar-refractivity contribution in [1.82, 2.24) is 8.75 Å². The Morgan fingerprint density at radius 3 is 2.70 bits per heavy atom. The summed E-state index contributed by atoms with van der Waals surface area (Å²) in [6.45, 7) is 8.44. The standard InChI is InChI=1S/C14H18ClN3OS/c1-13(2)7-10(14(3,4)19-13)16-11-8(15)5-6-9-12(11)18-20-17-9/h5-6,10,16H,7H2,1-4H3. The monoisotopic (exact) mass is 311 g/mol. The van der Waals surface area contributed by atoms with E-state index in [-0.39, 0.29) is 17.2 Å². The summed E-state index contributed by atoms with van der Waals surface area (Å²) in [5, 5.41) is 4.20. The third-order valence-corrected chi connectivity index (χ3v) is 4.63. The number of fused-ring (bicyclic) bond motifs is 1. The fraction of sp³-hybridized carbons (Fsp3) is 0.571. The molecule has 108 valence electrons. The molecule has 1 aromatic heterocycles. The fourth-order valence-corrected chi connectivity index (χ4v) is 3.68. The van der Waals surface area contributed by atoms with Crippen molar-refractivity contribution in [3.05, 3.63) is 17.2 Å². The number of hydrogen-bond donors (Lipinski definition) is 1. The van der Waals surface area contributed by atoms with Crippen LogP contribution >= 0.6 is 23.3 Å². The van der Waals surface area contributed by atoms with Crippen LogP contribution in [0.15, 0.2) is 12.1 Å². The molecule has 0 spiro atoms. The zero-order valence-electron chi connectivity index (χ0n) is 12.0. The van der Waals surface area contributed by atoms with Crippen molar-refractivity contribution in [1.29, 1.82) is 0 Å². The molecule has 1 unspecified atom stereocenters. The van der Waals surface area contributed by atoms with Gasteiger partial charge in [0.15, 0.2) is 0 Å². The molecule has 1 aliphatic heterocycles. The van der Waals surface area contributed by atoms with E-state index in [0.29, 0.717) is 5.02 Å². The number of nitrogens with one attached hydrogen (secondary N) is 1. The molecule has 0 saturated carbocycles. The minimum atomic E-state index is -0.252. The van der Waals surface area contributed by atoms with Crippen LogP contribution in [-0.2, 0) is 4.74 Å². The highest BCUT2D eigenvalue weighted by Gasteiger charge is 2.46. The SMILES string of the molecule is CC1(C)CC(Nc2c(Cl)ccc3nsnc23)C(C)(C)O1. The molecule has 1 saturated heterocycles. The maximum absolute atomic E-state index is 6.34. The van der Waals surface area contributed by atoms with Crippen LogP contribution in [0.2, 0.25) is 5.02 Å². The van der Waals surface area contributed by atoms with Crippen molar-refractivity contribution in [2.75, 3.05) is 5.32 Å². The summed E-state index contributed by atoms with van der Waals surface area (Å²) >= 11 is 7.54. The van der Waals surface area contributed by atoms with Crippen molar-refractivity contribution in [2.45, 2.75) is 51.4 Å². The maximum atomic E-state index is 6.34. The average Bonchev–Trinajstić information content (AvgIpc) is 2.84. The van der Waals surface area contributed by atoms with Gasteiger partial charge in [0.1, 0.15) is 11.0 Å². The molecule has 0 amide bonds. The molecular weight excluding hydrogens is 294 g/mol. The topological polar surface area (TPSA) is 47.0 Å². The number of hydrogen-bond acceptors (Lipinski definition) is 5. The molecular formula is C14H18ClN3OS. The Bertz CT molecular complexity index is 653. The molecule has 6 heteroatoms. The second kappa shape index (κ2) is 4.55. The van der Waals surface area contributed by atoms with Crippen LogP contribution in [0.5, 0.6) is 0 Å². The summed E-state index contributed by atoms with van der Waals surface area (Å²) in [4.78, 5) is 0. The van der Waals surface area contributed by atoms with Crippen molar-refractivity contribution >= 4 is 40.0 Å². The van der Waals surface area contributed by atoms with Gasteiger partial charge in [-0.2, -0.15) is 8.75 Å². The lowest BCUT2D eigenvalue weighted by atomic mass is 9.94. The molecule has 1 aliphatic rings. The number of aromatic nitrogens is 2. The molecule has 20 heavy (non-hydrogen) atoms. The molecule has 1 fully saturated rings. The predicted molar refractivity (Wildman–Crippen MR) is 83.7 cm³/mol. The number of nitrogens with zero attached hydrogens (tertiary/aromatic N) is 2. The highest BCUT2D eigenvalue weighted by Crippen LogP contribution is 2.41. The van der Waals surface area contributed by atoms with Gasteiger partial charge in [-0.3, -0.25) is 0 Å². The molecule has 2 aromatic rings. The van der Waals surface area contributed by atoms with Crippen molar-refractivity contribution in [3.63, 3.8) is 0 Å². The molecule has 1 atom stereocenters. The summed E-state index contributed by atoms with van der Waals surface area (Å²) in [5.74, 6) is 0. The van der Waals surface area contributed by atoms with Crippen LogP contribution in [0.4, 0.5) is 5.69 Å². The van der Waals surface area contributed by atoms with Gasteiger partial charge < -0.3 is 10.1 Å². The van der Waals surface area contributed by atoms with Crippen LogP contribution in [0.25, 0.3) is 11.0 Å². The highest BCUT2D eigenvalue weighted by atomic mass is 35.5. The van der Waals surface area contributed by atoms with E-state index in [9.17, 15) is 0 Å². The van der Waals surface area contributed by atoms with Crippen LogP contribution < -0.4 is 5.32 Å². The number of benzene rings is 1. The lowest BCUT2D eigenvalue weighted by Gasteiger charge is -2.28. The molecule has 2 heterocycles. The molecule has 1 N–H and O–H groups in total. The molecule has 3 rings (SSSR count). The molecule has 0 bridgehead atoms. The van der Waals surface area contributed by atoms with Gasteiger partial charge in [0.2, 0.25) is 0 Å². The van der Waals surface area contributed by atoms with E-state index < -0.39 is 0 Å². The van der Waals surface area contributed by atoms with E-state index in [1.807, 2.05) is 12.1 Å². The van der Waals surface area contributed by atoms with Crippen molar-refractivity contribution in [3.8, 4) is 0 Å². The third kappa shape index (κ3) is 2.38. The first-order valence-electron chi connectivity index (χ1n) is 6.66. The van der Waals surface area contributed by atoms with Gasteiger partial charge in [-0.25, -0.2) is 0 Å². The van der Waals surface area contributed by atoms with Gasteiger partial charge >= 0.3 is 0 Å². The zero-order valence-corrected chi connectivity index (χ0v) is 13.6. The quantitative estimate of drug-likeness (QED) is 0.907. The Balaban J connectivity index is 1.97. The summed E-state index contributed by atoms with van der Waals surface area (Å²) in [6.07, 6.45) is 0.921. The average molecular weight is 312 g/mol. The van der Waals surface area contributed by atoms with E-state index in [4.69, 9.17) is 16.3 Å². The Morgan fingerprint density at radius 2 is 2.05 bits per heavy atom. The summed E-state index contributed by atoms with van der Waals surface area (Å²) < 4.78 is 14.7. The van der Waals surface area contributed by atoms with E-state index >= 15 is 0 Å². The first-order valence-corrected chi connectivity index (χ1v) is 7.77.